The van der Waals surface area contributed by atoms with E-state index in [4.69, 9.17) is 0 Å². The van der Waals surface area contributed by atoms with Gasteiger partial charge in [-0.3, -0.25) is 9.36 Å². The molecule has 6 nitrogen and oxygen atoms in total. The van der Waals surface area contributed by atoms with E-state index in [2.05, 4.69) is 93.6 Å². The molecule has 2 N–H and O–H groups in total. The van der Waals surface area contributed by atoms with Crippen molar-refractivity contribution in [3.63, 3.8) is 0 Å². The van der Waals surface area contributed by atoms with Gasteiger partial charge in [0.2, 0.25) is 0 Å². The molecule has 0 aliphatic heterocycles. The third-order valence-corrected chi connectivity index (χ3v) is 6.58. The van der Waals surface area contributed by atoms with Crippen LogP contribution in [0.3, 0.4) is 0 Å². The molecule has 4 rings (SSSR count). The van der Waals surface area contributed by atoms with Crippen LogP contribution in [0.15, 0.2) is 36.4 Å². The second-order valence-electron chi connectivity index (χ2n) is 8.75. The fourth-order valence-electron chi connectivity index (χ4n) is 4.77. The maximum absolute atomic E-state index is 4.61. The fraction of sp³-hybridized carbons (Fsp3) is 0.440. The number of aryl methyl sites for hydroxylation is 4. The normalized spacial score (nSPS) is 12.1. The minimum absolute atomic E-state index is 0.0688. The van der Waals surface area contributed by atoms with Crippen molar-refractivity contribution in [2.24, 2.45) is 0 Å². The predicted molar refractivity (Wildman–Crippen MR) is 125 cm³/mol. The minimum Gasteiger partial charge on any atom is -0.360 e. The molecule has 0 bridgehead atoms. The summed E-state index contributed by atoms with van der Waals surface area (Å²) in [5.41, 5.74) is 9.30. The Balaban J connectivity index is 1.61. The average molecular weight is 419 g/mol. The van der Waals surface area contributed by atoms with Gasteiger partial charge in [0.1, 0.15) is 0 Å². The number of hydrogen-bond donors (Lipinski definition) is 2. The number of aromatic amines is 2. The quantitative estimate of drug-likeness (QED) is 0.414. The molecule has 0 fully saturated rings. The summed E-state index contributed by atoms with van der Waals surface area (Å²) in [5, 5.41) is 9.22. The van der Waals surface area contributed by atoms with Crippen molar-refractivity contribution >= 4 is 0 Å². The maximum atomic E-state index is 4.61. The molecule has 0 atom stereocenters. The second-order valence-corrected chi connectivity index (χ2v) is 8.75. The number of rotatable bonds is 8. The highest BCUT2D eigenvalue weighted by atomic mass is 15.3. The molecule has 4 aromatic rings. The van der Waals surface area contributed by atoms with E-state index in [1.807, 2.05) is 13.8 Å². The van der Waals surface area contributed by atoms with E-state index in [9.17, 15) is 0 Å². The van der Waals surface area contributed by atoms with Crippen LogP contribution in [-0.4, -0.2) is 29.5 Å². The van der Waals surface area contributed by atoms with Crippen LogP contribution in [0.1, 0.15) is 72.2 Å². The monoisotopic (exact) mass is 418 g/mol. The Morgan fingerprint density at radius 2 is 1.13 bits per heavy atom. The Bertz CT molecular complexity index is 1080. The van der Waals surface area contributed by atoms with Crippen LogP contribution >= 0.6 is 0 Å². The van der Waals surface area contributed by atoms with E-state index in [1.54, 1.807) is 0 Å². The lowest BCUT2D eigenvalue weighted by Gasteiger charge is -2.30. The van der Waals surface area contributed by atoms with E-state index < -0.39 is 0 Å². The van der Waals surface area contributed by atoms with Crippen LogP contribution in [0.25, 0.3) is 0 Å². The lowest BCUT2D eigenvalue weighted by molar-refractivity contribution is 0.452. The molecule has 6 heteroatoms. The van der Waals surface area contributed by atoms with E-state index in [-0.39, 0.29) is 5.41 Å². The molecule has 0 aliphatic rings. The second kappa shape index (κ2) is 8.25. The summed E-state index contributed by atoms with van der Waals surface area (Å²) in [6.07, 6.45) is 2.03. The number of nitrogens with one attached hydrogen (secondary N) is 2. The zero-order chi connectivity index (χ0) is 22.2. The van der Waals surface area contributed by atoms with Gasteiger partial charge in [-0.25, -0.2) is 0 Å². The van der Waals surface area contributed by atoms with Crippen LogP contribution < -0.4 is 0 Å². The summed E-state index contributed by atoms with van der Waals surface area (Å²) in [7, 11) is 0. The molecule has 4 heterocycles. The number of aromatic nitrogens is 6. The van der Waals surface area contributed by atoms with Crippen LogP contribution in [0.4, 0.5) is 0 Å². The molecule has 31 heavy (non-hydrogen) atoms. The van der Waals surface area contributed by atoms with Gasteiger partial charge in [0.15, 0.2) is 0 Å². The molecule has 0 aromatic carbocycles. The molecular weight excluding hydrogens is 384 g/mol. The Morgan fingerprint density at radius 1 is 0.710 bits per heavy atom. The van der Waals surface area contributed by atoms with Gasteiger partial charge in [-0.05, 0) is 76.9 Å². The van der Waals surface area contributed by atoms with Gasteiger partial charge in [-0.1, -0.05) is 13.8 Å². The molecule has 0 saturated heterocycles. The highest BCUT2D eigenvalue weighted by Gasteiger charge is 2.33. The molecule has 0 saturated carbocycles. The van der Waals surface area contributed by atoms with Crippen LogP contribution in [0.2, 0.25) is 0 Å². The first-order valence-corrected chi connectivity index (χ1v) is 11.2. The number of nitrogens with zero attached hydrogens (tertiary/aromatic N) is 4. The molecule has 0 amide bonds. The first kappa shape index (κ1) is 21.2. The molecular formula is C25H34N6. The molecule has 0 spiro atoms. The summed E-state index contributed by atoms with van der Waals surface area (Å²) >= 11 is 0. The topological polar surface area (TPSA) is 67.2 Å². The lowest BCUT2D eigenvalue weighted by atomic mass is 9.76. The van der Waals surface area contributed by atoms with Gasteiger partial charge in [-0.2, -0.15) is 10.2 Å². The average Bonchev–Trinajstić information content (AvgIpc) is 3.49. The molecule has 0 unspecified atom stereocenters. The van der Waals surface area contributed by atoms with Crippen LogP contribution in [-0.2, 0) is 18.5 Å². The SMILES string of the molecule is CCC(CC)(c1ccc(Cn2nc(C)cc2C)[nH]1)c1ccc(Cn2nc(C)cc2C)[nH]1. The van der Waals surface area contributed by atoms with Crippen LogP contribution in [0, 0.1) is 27.7 Å². The Hall–Kier alpha value is -3.02. The van der Waals surface area contributed by atoms with Crippen molar-refractivity contribution in [2.75, 3.05) is 0 Å². The Morgan fingerprint density at radius 3 is 1.45 bits per heavy atom. The summed E-state index contributed by atoms with van der Waals surface area (Å²) in [6, 6.07) is 13.1. The Labute approximate surface area is 184 Å². The van der Waals surface area contributed by atoms with E-state index in [0.29, 0.717) is 0 Å². The zero-order valence-electron chi connectivity index (χ0n) is 19.6. The largest absolute Gasteiger partial charge is 0.360 e. The summed E-state index contributed by atoms with van der Waals surface area (Å²) in [5.74, 6) is 0. The standard InChI is InChI=1S/C25H34N6/c1-7-25(8-2,23-11-9-21(26-23)15-30-19(5)13-17(3)28-30)24-12-10-22(27-24)16-31-20(6)14-18(4)29-31/h9-14,26-27H,7-8,15-16H2,1-6H3. The van der Waals surface area contributed by atoms with Gasteiger partial charge in [0, 0.05) is 39.6 Å². The van der Waals surface area contributed by atoms with Gasteiger partial charge in [0.05, 0.1) is 24.5 Å². The van der Waals surface area contributed by atoms with Crippen molar-refractivity contribution in [1.82, 2.24) is 29.5 Å². The fourth-order valence-corrected chi connectivity index (χ4v) is 4.77. The maximum Gasteiger partial charge on any atom is 0.0812 e. The van der Waals surface area contributed by atoms with E-state index in [0.717, 1.165) is 37.3 Å². The lowest BCUT2D eigenvalue weighted by Crippen LogP contribution is -2.27. The molecule has 0 aliphatic carbocycles. The summed E-state index contributed by atoms with van der Waals surface area (Å²) in [4.78, 5) is 7.42. The molecule has 164 valence electrons. The van der Waals surface area contributed by atoms with Crippen molar-refractivity contribution in [1.29, 1.82) is 0 Å². The predicted octanol–water partition coefficient (Wildman–Crippen LogP) is 5.17. The van der Waals surface area contributed by atoms with Crippen molar-refractivity contribution in [3.05, 3.63) is 81.9 Å². The third-order valence-electron chi connectivity index (χ3n) is 6.58. The summed E-state index contributed by atoms with van der Waals surface area (Å²) in [6.45, 7) is 14.4. The van der Waals surface area contributed by atoms with Gasteiger partial charge >= 0.3 is 0 Å². The molecule has 4 aromatic heterocycles. The molecule has 0 radical (unpaired) electrons. The van der Waals surface area contributed by atoms with Crippen molar-refractivity contribution in [2.45, 2.75) is 72.9 Å². The highest BCUT2D eigenvalue weighted by Crippen LogP contribution is 2.38. The first-order valence-electron chi connectivity index (χ1n) is 11.2. The number of hydrogen-bond acceptors (Lipinski definition) is 2. The van der Waals surface area contributed by atoms with E-state index in [1.165, 1.54) is 34.2 Å². The Kier molecular flexibility index (Phi) is 5.65. The first-order chi connectivity index (χ1) is 14.8. The zero-order valence-corrected chi connectivity index (χ0v) is 19.6. The van der Waals surface area contributed by atoms with Crippen molar-refractivity contribution < 1.29 is 0 Å². The van der Waals surface area contributed by atoms with E-state index >= 15 is 0 Å². The number of H-pyrrole nitrogens is 2. The third kappa shape index (κ3) is 3.99. The van der Waals surface area contributed by atoms with Crippen molar-refractivity contribution in [3.8, 4) is 0 Å². The smallest absolute Gasteiger partial charge is 0.0812 e. The van der Waals surface area contributed by atoms with Gasteiger partial charge < -0.3 is 9.97 Å². The highest BCUT2D eigenvalue weighted by molar-refractivity contribution is 5.35. The summed E-state index contributed by atoms with van der Waals surface area (Å²) < 4.78 is 4.12. The van der Waals surface area contributed by atoms with Crippen LogP contribution in [0.5, 0.6) is 0 Å². The van der Waals surface area contributed by atoms with Gasteiger partial charge in [-0.15, -0.1) is 0 Å². The minimum atomic E-state index is -0.0688. The van der Waals surface area contributed by atoms with Gasteiger partial charge in [0.25, 0.3) is 0 Å².